The third-order valence-corrected chi connectivity index (χ3v) is 5.10. The average molecular weight is 285 g/mol. The third kappa shape index (κ3) is 1.93. The summed E-state index contributed by atoms with van der Waals surface area (Å²) in [5, 5.41) is 6.78. The molecular weight excluding hydrogens is 270 g/mol. The second kappa shape index (κ2) is 4.66. The van der Waals surface area contributed by atoms with Gasteiger partial charge < -0.3 is 0 Å². The predicted octanol–water partition coefficient (Wildman–Crippen LogP) is 3.58. The molecule has 1 aromatic heterocycles. The molecule has 1 amide bonds. The maximum atomic E-state index is 12.2. The molecule has 1 fully saturated rings. The van der Waals surface area contributed by atoms with E-state index >= 15 is 0 Å². The predicted molar refractivity (Wildman–Crippen MR) is 81.1 cm³/mol. The van der Waals surface area contributed by atoms with Crippen LogP contribution < -0.4 is 5.01 Å². The van der Waals surface area contributed by atoms with E-state index < -0.39 is 0 Å². The highest BCUT2D eigenvalue weighted by Crippen LogP contribution is 2.34. The molecule has 2 aliphatic rings. The van der Waals surface area contributed by atoms with E-state index in [1.807, 2.05) is 24.3 Å². The molecule has 1 saturated carbocycles. The van der Waals surface area contributed by atoms with E-state index in [1.54, 1.807) is 0 Å². The van der Waals surface area contributed by atoms with E-state index in [-0.39, 0.29) is 5.91 Å². The lowest BCUT2D eigenvalue weighted by Crippen LogP contribution is -2.19. The molecule has 5 heteroatoms. The first-order chi connectivity index (χ1) is 9.81. The minimum absolute atomic E-state index is 0.0611. The molecule has 0 spiro atoms. The Kier molecular flexibility index (Phi) is 2.80. The van der Waals surface area contributed by atoms with Crippen molar-refractivity contribution in [2.75, 3.05) is 5.01 Å². The molecule has 0 radical (unpaired) electrons. The topological polar surface area (TPSA) is 45.6 Å². The van der Waals surface area contributed by atoms with Crippen LogP contribution in [0.3, 0.4) is 0 Å². The van der Waals surface area contributed by atoms with E-state index in [0.29, 0.717) is 17.5 Å². The Morgan fingerprint density at radius 2 is 2.00 bits per heavy atom. The molecule has 1 aliphatic carbocycles. The van der Waals surface area contributed by atoms with Gasteiger partial charge in [-0.05, 0) is 30.9 Å². The van der Waals surface area contributed by atoms with Crippen molar-refractivity contribution in [3.63, 3.8) is 0 Å². The number of nitrogens with zero attached hydrogens (tertiary/aromatic N) is 3. The van der Waals surface area contributed by atoms with Gasteiger partial charge in [0.2, 0.25) is 5.13 Å². The van der Waals surface area contributed by atoms with Crippen molar-refractivity contribution in [2.24, 2.45) is 11.0 Å². The Hall–Kier alpha value is -1.75. The Balaban J connectivity index is 1.68. The lowest BCUT2D eigenvalue weighted by molar-refractivity contribution is -0.116. The van der Waals surface area contributed by atoms with E-state index in [4.69, 9.17) is 0 Å². The number of para-hydroxylation sites is 1. The number of carbonyl (C=O) groups is 1. The Labute approximate surface area is 121 Å². The van der Waals surface area contributed by atoms with Crippen LogP contribution in [0, 0.1) is 5.92 Å². The van der Waals surface area contributed by atoms with Gasteiger partial charge in [0, 0.05) is 0 Å². The zero-order chi connectivity index (χ0) is 13.5. The van der Waals surface area contributed by atoms with Crippen LogP contribution in [0.1, 0.15) is 32.1 Å². The molecule has 2 aromatic rings. The zero-order valence-corrected chi connectivity index (χ0v) is 11.9. The molecule has 1 aromatic carbocycles. The molecule has 0 N–H and O–H groups in total. The number of hydrazone groups is 1. The van der Waals surface area contributed by atoms with Gasteiger partial charge >= 0.3 is 0 Å². The summed E-state index contributed by atoms with van der Waals surface area (Å²) in [6, 6.07) is 7.95. The van der Waals surface area contributed by atoms with Gasteiger partial charge in [0.15, 0.2) is 0 Å². The summed E-state index contributed by atoms with van der Waals surface area (Å²) in [5.74, 6) is 0.573. The fourth-order valence-electron chi connectivity index (χ4n) is 3.03. The highest BCUT2D eigenvalue weighted by Gasteiger charge is 2.32. The molecule has 0 unspecified atom stereocenters. The van der Waals surface area contributed by atoms with Gasteiger partial charge in [-0.25, -0.2) is 4.98 Å². The van der Waals surface area contributed by atoms with Gasteiger partial charge in [0.1, 0.15) is 0 Å². The molecule has 0 atom stereocenters. The first-order valence-corrected chi connectivity index (χ1v) is 7.89. The van der Waals surface area contributed by atoms with Crippen molar-refractivity contribution in [2.45, 2.75) is 32.1 Å². The van der Waals surface area contributed by atoms with Crippen LogP contribution >= 0.6 is 11.3 Å². The molecule has 0 bridgehead atoms. The van der Waals surface area contributed by atoms with Crippen molar-refractivity contribution in [1.82, 2.24) is 4.98 Å². The summed E-state index contributed by atoms with van der Waals surface area (Å²) in [6.45, 7) is 0. The van der Waals surface area contributed by atoms with Crippen LogP contribution in [-0.4, -0.2) is 16.6 Å². The lowest BCUT2D eigenvalue weighted by atomic mass is 10.00. The maximum absolute atomic E-state index is 12.2. The molecule has 102 valence electrons. The Morgan fingerprint density at radius 3 is 2.80 bits per heavy atom. The van der Waals surface area contributed by atoms with Gasteiger partial charge in [-0.2, -0.15) is 10.1 Å². The van der Waals surface area contributed by atoms with Crippen molar-refractivity contribution in [3.05, 3.63) is 24.3 Å². The van der Waals surface area contributed by atoms with Crippen LogP contribution in [0.4, 0.5) is 5.13 Å². The first kappa shape index (κ1) is 12.0. The lowest BCUT2D eigenvalue weighted by Gasteiger charge is -2.06. The number of fused-ring (bicyclic) bond motifs is 1. The number of thiazole rings is 1. The third-order valence-electron chi connectivity index (χ3n) is 4.09. The second-order valence-electron chi connectivity index (χ2n) is 5.42. The van der Waals surface area contributed by atoms with Crippen molar-refractivity contribution < 1.29 is 4.79 Å². The number of hydrogen-bond acceptors (Lipinski definition) is 4. The van der Waals surface area contributed by atoms with Gasteiger partial charge in [0.05, 0.1) is 22.3 Å². The van der Waals surface area contributed by atoms with Gasteiger partial charge in [-0.1, -0.05) is 36.3 Å². The van der Waals surface area contributed by atoms with Crippen LogP contribution in [0.2, 0.25) is 0 Å². The summed E-state index contributed by atoms with van der Waals surface area (Å²) in [4.78, 5) is 16.7. The van der Waals surface area contributed by atoms with Crippen LogP contribution in [-0.2, 0) is 4.79 Å². The molecular formula is C15H15N3OS. The zero-order valence-electron chi connectivity index (χ0n) is 11.1. The number of hydrogen-bond donors (Lipinski definition) is 0. The monoisotopic (exact) mass is 285 g/mol. The van der Waals surface area contributed by atoms with E-state index in [1.165, 1.54) is 42.0 Å². The highest BCUT2D eigenvalue weighted by molar-refractivity contribution is 7.22. The summed E-state index contributed by atoms with van der Waals surface area (Å²) in [5.41, 5.74) is 2.00. The number of amides is 1. The summed E-state index contributed by atoms with van der Waals surface area (Å²) in [7, 11) is 0. The number of rotatable bonds is 2. The highest BCUT2D eigenvalue weighted by atomic mass is 32.1. The SMILES string of the molecule is O=C1CC(C2CCCC2)=NN1c1nc2ccccc2s1. The number of aromatic nitrogens is 1. The summed E-state index contributed by atoms with van der Waals surface area (Å²) in [6.07, 6.45) is 5.36. The standard InChI is InChI=1S/C15H15N3OS/c19-14-9-12(10-5-1-2-6-10)17-18(14)15-16-11-7-3-4-8-13(11)20-15/h3-4,7-8,10H,1-2,5-6,9H2. The second-order valence-corrected chi connectivity index (χ2v) is 6.43. The molecule has 2 heterocycles. The van der Waals surface area contributed by atoms with Gasteiger partial charge in [0.25, 0.3) is 5.91 Å². The summed E-state index contributed by atoms with van der Waals surface area (Å²) >= 11 is 1.53. The Morgan fingerprint density at radius 1 is 1.20 bits per heavy atom. The normalized spacial score (nSPS) is 20.1. The van der Waals surface area contributed by atoms with E-state index in [9.17, 15) is 4.79 Å². The van der Waals surface area contributed by atoms with Crippen LogP contribution in [0.15, 0.2) is 29.4 Å². The van der Waals surface area contributed by atoms with E-state index in [2.05, 4.69) is 10.1 Å². The summed E-state index contributed by atoms with van der Waals surface area (Å²) < 4.78 is 1.10. The van der Waals surface area contributed by atoms with Crippen LogP contribution in [0.5, 0.6) is 0 Å². The molecule has 0 saturated heterocycles. The van der Waals surface area contributed by atoms with Gasteiger partial charge in [-0.15, -0.1) is 0 Å². The quantitative estimate of drug-likeness (QED) is 0.846. The van der Waals surface area contributed by atoms with Gasteiger partial charge in [-0.3, -0.25) is 4.79 Å². The van der Waals surface area contributed by atoms with Crippen molar-refractivity contribution in [3.8, 4) is 0 Å². The molecule has 20 heavy (non-hydrogen) atoms. The molecule has 4 nitrogen and oxygen atoms in total. The van der Waals surface area contributed by atoms with Crippen LogP contribution in [0.25, 0.3) is 10.2 Å². The van der Waals surface area contributed by atoms with E-state index in [0.717, 1.165) is 15.9 Å². The number of anilines is 1. The number of carbonyl (C=O) groups excluding carboxylic acids is 1. The molecule has 4 rings (SSSR count). The fourth-order valence-corrected chi connectivity index (χ4v) is 3.97. The maximum Gasteiger partial charge on any atom is 0.255 e. The molecule has 1 aliphatic heterocycles. The fraction of sp³-hybridized carbons (Fsp3) is 0.400. The Bertz CT molecular complexity index is 667. The smallest absolute Gasteiger partial charge is 0.255 e. The minimum atomic E-state index is 0.0611. The average Bonchev–Trinajstić information content (AvgIpc) is 3.16. The van der Waals surface area contributed by atoms with Crippen molar-refractivity contribution in [1.29, 1.82) is 0 Å². The number of benzene rings is 1. The minimum Gasteiger partial charge on any atom is -0.272 e. The van der Waals surface area contributed by atoms with Crippen molar-refractivity contribution >= 4 is 38.3 Å². The largest absolute Gasteiger partial charge is 0.272 e. The first-order valence-electron chi connectivity index (χ1n) is 7.07.